The summed E-state index contributed by atoms with van der Waals surface area (Å²) in [6.07, 6.45) is 0.452. The van der Waals surface area contributed by atoms with Crippen molar-refractivity contribution in [3.63, 3.8) is 0 Å². The second-order valence-corrected chi connectivity index (χ2v) is 10.5. The maximum Gasteiger partial charge on any atom is 0.254 e. The van der Waals surface area contributed by atoms with Crippen LogP contribution in [0.4, 0.5) is 4.39 Å². The summed E-state index contributed by atoms with van der Waals surface area (Å²) in [7, 11) is -3.13. The second kappa shape index (κ2) is 7.93. The Balaban J connectivity index is 1.70. The van der Waals surface area contributed by atoms with Crippen LogP contribution in [-0.4, -0.2) is 71.8 Å². The number of halogens is 1. The zero-order chi connectivity index (χ0) is 22.5. The Labute approximate surface area is 184 Å². The summed E-state index contributed by atoms with van der Waals surface area (Å²) in [4.78, 5) is 20.0. The molecule has 8 nitrogen and oxygen atoms in total. The molecule has 0 N–H and O–H groups in total. The maximum absolute atomic E-state index is 13.5. The third-order valence-corrected chi connectivity index (χ3v) is 7.81. The van der Waals surface area contributed by atoms with Gasteiger partial charge in [-0.1, -0.05) is 0 Å². The summed E-state index contributed by atoms with van der Waals surface area (Å²) in [6, 6.07) is 7.30. The zero-order valence-corrected chi connectivity index (χ0v) is 18.4. The van der Waals surface area contributed by atoms with Gasteiger partial charge in [0.05, 0.1) is 53.1 Å². The molecule has 1 amide bonds. The third-order valence-electron chi connectivity index (χ3n) is 6.06. The fourth-order valence-electron chi connectivity index (χ4n) is 4.41. The smallest absolute Gasteiger partial charge is 0.254 e. The standard InChI is InChI=1S/C22H23FN4O4S/c1-14-20-18(22(28)26-7-9-31-10-8-26)12-19(15-2-4-16(23)5-3-15)24-21(20)27(25-14)17-6-11-32(29,30)13-17/h2-5,12,17H,6-11,13H2,1H3. The Morgan fingerprint density at radius 2 is 1.91 bits per heavy atom. The number of rotatable bonds is 3. The first-order chi connectivity index (χ1) is 15.3. The molecule has 1 aromatic carbocycles. The lowest BCUT2D eigenvalue weighted by Crippen LogP contribution is -2.40. The number of nitrogens with zero attached hydrogens (tertiary/aromatic N) is 4. The van der Waals surface area contributed by atoms with E-state index in [1.54, 1.807) is 34.7 Å². The van der Waals surface area contributed by atoms with E-state index in [2.05, 4.69) is 5.10 Å². The number of morpholine rings is 1. The minimum atomic E-state index is -3.13. The molecule has 2 aliphatic heterocycles. The SMILES string of the molecule is Cc1nn(C2CCS(=O)(=O)C2)c2nc(-c3ccc(F)cc3)cc(C(=O)N3CCOCC3)c12. The topological polar surface area (TPSA) is 94.4 Å². The summed E-state index contributed by atoms with van der Waals surface area (Å²) in [6.45, 7) is 3.73. The van der Waals surface area contributed by atoms with Gasteiger partial charge in [-0.15, -0.1) is 0 Å². The Hall–Kier alpha value is -2.85. The zero-order valence-electron chi connectivity index (χ0n) is 17.6. The first-order valence-electron chi connectivity index (χ1n) is 10.6. The molecular weight excluding hydrogens is 435 g/mol. The van der Waals surface area contributed by atoms with Gasteiger partial charge in [-0.3, -0.25) is 4.79 Å². The molecule has 2 aliphatic rings. The number of fused-ring (bicyclic) bond motifs is 1. The number of hydrogen-bond donors (Lipinski definition) is 0. The number of aryl methyl sites for hydroxylation is 1. The van der Waals surface area contributed by atoms with E-state index in [1.807, 2.05) is 0 Å². The van der Waals surface area contributed by atoms with Crippen molar-refractivity contribution in [2.75, 3.05) is 37.8 Å². The molecule has 2 fully saturated rings. The number of benzene rings is 1. The number of carbonyl (C=O) groups is 1. The lowest BCUT2D eigenvalue weighted by Gasteiger charge is -2.27. The van der Waals surface area contributed by atoms with E-state index in [-0.39, 0.29) is 29.3 Å². The van der Waals surface area contributed by atoms with E-state index in [0.29, 0.717) is 66.3 Å². The molecular formula is C22H23FN4O4S. The molecule has 0 saturated carbocycles. The Bertz CT molecular complexity index is 1300. The lowest BCUT2D eigenvalue weighted by atomic mass is 10.0. The van der Waals surface area contributed by atoms with Gasteiger partial charge in [-0.2, -0.15) is 5.10 Å². The molecule has 10 heteroatoms. The van der Waals surface area contributed by atoms with E-state index < -0.39 is 9.84 Å². The molecule has 3 aromatic rings. The number of carbonyl (C=O) groups excluding carboxylic acids is 1. The summed E-state index contributed by atoms with van der Waals surface area (Å²) in [5, 5.41) is 5.23. The van der Waals surface area contributed by atoms with Crippen LogP contribution in [-0.2, 0) is 14.6 Å². The van der Waals surface area contributed by atoms with E-state index in [0.717, 1.165) is 0 Å². The normalized spacial score (nSPS) is 20.7. The highest BCUT2D eigenvalue weighted by atomic mass is 32.2. The van der Waals surface area contributed by atoms with E-state index in [4.69, 9.17) is 9.72 Å². The van der Waals surface area contributed by atoms with Crippen LogP contribution in [0.3, 0.4) is 0 Å². The van der Waals surface area contributed by atoms with E-state index >= 15 is 0 Å². The van der Waals surface area contributed by atoms with Crippen molar-refractivity contribution in [1.29, 1.82) is 0 Å². The van der Waals surface area contributed by atoms with Gasteiger partial charge in [0.25, 0.3) is 5.91 Å². The molecule has 2 aromatic heterocycles. The molecule has 4 heterocycles. The average molecular weight is 459 g/mol. The van der Waals surface area contributed by atoms with Crippen molar-refractivity contribution < 1.29 is 22.3 Å². The number of amides is 1. The van der Waals surface area contributed by atoms with Gasteiger partial charge in [0.2, 0.25) is 0 Å². The lowest BCUT2D eigenvalue weighted by molar-refractivity contribution is 0.0304. The van der Waals surface area contributed by atoms with Gasteiger partial charge < -0.3 is 9.64 Å². The van der Waals surface area contributed by atoms with Gasteiger partial charge in [-0.25, -0.2) is 22.5 Å². The first kappa shape index (κ1) is 21.0. The third kappa shape index (κ3) is 3.77. The van der Waals surface area contributed by atoms with Gasteiger partial charge >= 0.3 is 0 Å². The summed E-state index contributed by atoms with van der Waals surface area (Å²) < 4.78 is 44.7. The molecule has 1 unspecified atom stereocenters. The van der Waals surface area contributed by atoms with Crippen LogP contribution >= 0.6 is 0 Å². The van der Waals surface area contributed by atoms with E-state index in [1.165, 1.54) is 12.1 Å². The fourth-order valence-corrected chi connectivity index (χ4v) is 6.10. The summed E-state index contributed by atoms with van der Waals surface area (Å²) in [5.74, 6) is -0.407. The summed E-state index contributed by atoms with van der Waals surface area (Å²) >= 11 is 0. The van der Waals surface area contributed by atoms with Gasteiger partial charge in [0.1, 0.15) is 5.82 Å². The molecule has 5 rings (SSSR count). The monoisotopic (exact) mass is 458 g/mol. The summed E-state index contributed by atoms with van der Waals surface area (Å²) in [5.41, 5.74) is 2.73. The number of hydrogen-bond acceptors (Lipinski definition) is 6. The molecule has 168 valence electrons. The van der Waals surface area contributed by atoms with Gasteiger partial charge in [0.15, 0.2) is 15.5 Å². The van der Waals surface area contributed by atoms with Crippen LogP contribution in [0.1, 0.15) is 28.5 Å². The predicted octanol–water partition coefficient (Wildman–Crippen LogP) is 2.38. The Morgan fingerprint density at radius 3 is 2.56 bits per heavy atom. The molecule has 2 saturated heterocycles. The van der Waals surface area contributed by atoms with Crippen molar-refractivity contribution in [3.05, 3.63) is 47.4 Å². The van der Waals surface area contributed by atoms with E-state index in [9.17, 15) is 17.6 Å². The van der Waals surface area contributed by atoms with Crippen molar-refractivity contribution in [2.45, 2.75) is 19.4 Å². The number of ether oxygens (including phenoxy) is 1. The van der Waals surface area contributed by atoms with Crippen molar-refractivity contribution in [1.82, 2.24) is 19.7 Å². The Kier molecular flexibility index (Phi) is 5.21. The van der Waals surface area contributed by atoms with Crippen LogP contribution in [0.15, 0.2) is 30.3 Å². The first-order valence-corrected chi connectivity index (χ1v) is 12.4. The van der Waals surface area contributed by atoms with Crippen molar-refractivity contribution >= 4 is 26.8 Å². The molecule has 0 radical (unpaired) electrons. The van der Waals surface area contributed by atoms with Crippen LogP contribution in [0.5, 0.6) is 0 Å². The van der Waals surface area contributed by atoms with Crippen LogP contribution in [0, 0.1) is 12.7 Å². The predicted molar refractivity (Wildman–Crippen MR) is 117 cm³/mol. The van der Waals surface area contributed by atoms with Crippen molar-refractivity contribution in [2.24, 2.45) is 0 Å². The average Bonchev–Trinajstić information content (AvgIpc) is 3.32. The van der Waals surface area contributed by atoms with Crippen LogP contribution < -0.4 is 0 Å². The quantitative estimate of drug-likeness (QED) is 0.598. The largest absolute Gasteiger partial charge is 0.378 e. The molecule has 0 aliphatic carbocycles. The van der Waals surface area contributed by atoms with Crippen LogP contribution in [0.2, 0.25) is 0 Å². The molecule has 0 bridgehead atoms. The van der Waals surface area contributed by atoms with Crippen LogP contribution in [0.25, 0.3) is 22.3 Å². The number of aromatic nitrogens is 3. The molecule has 1 atom stereocenters. The molecule has 32 heavy (non-hydrogen) atoms. The highest BCUT2D eigenvalue weighted by molar-refractivity contribution is 7.91. The van der Waals surface area contributed by atoms with Gasteiger partial charge in [-0.05, 0) is 43.7 Å². The second-order valence-electron chi connectivity index (χ2n) is 8.25. The maximum atomic E-state index is 13.5. The minimum absolute atomic E-state index is 0.00157. The number of pyridine rings is 1. The Morgan fingerprint density at radius 1 is 1.19 bits per heavy atom. The minimum Gasteiger partial charge on any atom is -0.378 e. The number of sulfone groups is 1. The van der Waals surface area contributed by atoms with Gasteiger partial charge in [0, 0.05) is 18.7 Å². The fraction of sp³-hybridized carbons (Fsp3) is 0.409. The molecule has 0 spiro atoms. The highest BCUT2D eigenvalue weighted by Crippen LogP contribution is 2.32. The highest BCUT2D eigenvalue weighted by Gasteiger charge is 2.33. The van der Waals surface area contributed by atoms with Crippen molar-refractivity contribution in [3.8, 4) is 11.3 Å².